The molecule has 2 heterocycles. The van der Waals surface area contributed by atoms with E-state index in [2.05, 4.69) is 20.2 Å². The number of rotatable bonds is 4. The molecule has 23 heavy (non-hydrogen) atoms. The van der Waals surface area contributed by atoms with Crippen molar-refractivity contribution in [2.24, 2.45) is 20.2 Å². The number of carbonyl (C=O) groups is 1. The van der Waals surface area contributed by atoms with Crippen molar-refractivity contribution in [1.29, 1.82) is 0 Å². The number of nitrogens with zero attached hydrogens (tertiary/aromatic N) is 6. The van der Waals surface area contributed by atoms with Gasteiger partial charge in [0.15, 0.2) is 11.7 Å². The maximum atomic E-state index is 12.8. The van der Waals surface area contributed by atoms with Gasteiger partial charge in [0.25, 0.3) is 5.91 Å². The minimum Gasteiger partial charge on any atom is -0.497 e. The zero-order chi connectivity index (χ0) is 16.4. The molecule has 0 aliphatic carbocycles. The molecule has 1 aromatic carbocycles. The summed E-state index contributed by atoms with van der Waals surface area (Å²) in [6.07, 6.45) is 1.57. The van der Waals surface area contributed by atoms with Crippen LogP contribution < -0.4 is 9.64 Å². The number of methoxy groups -OCH3 is 1. The standard InChI is InChI=1S/C15H16N6O2/c1-20(2)8-16-13-12-14(19-18-13)17-9-21(15(12)22)10-4-6-11(23-3)7-5-10/h4-8H,9H2,1-3H3. The first-order valence-electron chi connectivity index (χ1n) is 6.97. The number of hydrogen-bond acceptors (Lipinski definition) is 6. The number of aliphatic imine (C=N–C) groups is 2. The van der Waals surface area contributed by atoms with Crippen molar-refractivity contribution >= 4 is 23.8 Å². The van der Waals surface area contributed by atoms with Gasteiger partial charge in [-0.1, -0.05) is 0 Å². The van der Waals surface area contributed by atoms with E-state index in [9.17, 15) is 4.79 Å². The van der Waals surface area contributed by atoms with E-state index >= 15 is 0 Å². The molecule has 1 aromatic rings. The predicted octanol–water partition coefficient (Wildman–Crippen LogP) is 1.67. The molecule has 0 bridgehead atoms. The molecule has 0 saturated carbocycles. The molecular weight excluding hydrogens is 296 g/mol. The van der Waals surface area contributed by atoms with Crippen molar-refractivity contribution in [2.75, 3.05) is 32.8 Å². The minimum atomic E-state index is -0.212. The van der Waals surface area contributed by atoms with Gasteiger partial charge in [-0.3, -0.25) is 9.69 Å². The van der Waals surface area contributed by atoms with Crippen molar-refractivity contribution in [3.8, 4) is 5.75 Å². The van der Waals surface area contributed by atoms with Crippen LogP contribution in [-0.2, 0) is 4.79 Å². The first kappa shape index (κ1) is 14.9. The lowest BCUT2D eigenvalue weighted by atomic mass is 10.1. The molecule has 0 N–H and O–H groups in total. The van der Waals surface area contributed by atoms with Crippen molar-refractivity contribution in [1.82, 2.24) is 4.90 Å². The predicted molar refractivity (Wildman–Crippen MR) is 86.8 cm³/mol. The highest BCUT2D eigenvalue weighted by Gasteiger charge is 2.34. The number of amidine groups is 1. The maximum Gasteiger partial charge on any atom is 0.267 e. The molecule has 0 fully saturated rings. The number of benzene rings is 1. The second-order valence-corrected chi connectivity index (χ2v) is 5.16. The average molecular weight is 312 g/mol. The molecule has 0 spiro atoms. The van der Waals surface area contributed by atoms with Crippen LogP contribution in [0.1, 0.15) is 0 Å². The highest BCUT2D eigenvalue weighted by molar-refractivity contribution is 6.28. The molecule has 0 radical (unpaired) electrons. The van der Waals surface area contributed by atoms with Gasteiger partial charge in [-0.15, -0.1) is 10.2 Å². The van der Waals surface area contributed by atoms with E-state index in [4.69, 9.17) is 4.74 Å². The Morgan fingerprint density at radius 3 is 2.65 bits per heavy atom. The molecule has 8 heteroatoms. The number of hydrogen-bond donors (Lipinski definition) is 0. The van der Waals surface area contributed by atoms with Crippen LogP contribution in [0.3, 0.4) is 0 Å². The quantitative estimate of drug-likeness (QED) is 0.626. The Morgan fingerprint density at radius 2 is 2.00 bits per heavy atom. The van der Waals surface area contributed by atoms with Gasteiger partial charge >= 0.3 is 0 Å². The highest BCUT2D eigenvalue weighted by atomic mass is 16.5. The van der Waals surface area contributed by atoms with E-state index in [1.165, 1.54) is 0 Å². The zero-order valence-electron chi connectivity index (χ0n) is 13.1. The summed E-state index contributed by atoms with van der Waals surface area (Å²) in [5.41, 5.74) is 1.05. The summed E-state index contributed by atoms with van der Waals surface area (Å²) in [6, 6.07) is 7.21. The van der Waals surface area contributed by atoms with Crippen LogP contribution in [0.4, 0.5) is 5.69 Å². The third kappa shape index (κ3) is 2.83. The molecular formula is C15H16N6O2. The summed E-state index contributed by atoms with van der Waals surface area (Å²) < 4.78 is 5.13. The van der Waals surface area contributed by atoms with Crippen LogP contribution in [0, 0.1) is 0 Å². The molecule has 1 amide bonds. The van der Waals surface area contributed by atoms with Gasteiger partial charge in [0.05, 0.1) is 13.4 Å². The summed E-state index contributed by atoms with van der Waals surface area (Å²) >= 11 is 0. The smallest absolute Gasteiger partial charge is 0.267 e. The van der Waals surface area contributed by atoms with Gasteiger partial charge in [0, 0.05) is 19.8 Å². The van der Waals surface area contributed by atoms with Crippen LogP contribution in [0.25, 0.3) is 0 Å². The largest absolute Gasteiger partial charge is 0.497 e. The summed E-state index contributed by atoms with van der Waals surface area (Å²) in [6.45, 7) is 0.202. The second-order valence-electron chi connectivity index (χ2n) is 5.16. The van der Waals surface area contributed by atoms with E-state index in [0.717, 1.165) is 11.4 Å². The number of amides is 1. The van der Waals surface area contributed by atoms with Gasteiger partial charge in [0.2, 0.25) is 0 Å². The van der Waals surface area contributed by atoms with Crippen LogP contribution in [-0.4, -0.2) is 50.9 Å². The first-order chi connectivity index (χ1) is 11.1. The Hall–Kier alpha value is -3.03. The van der Waals surface area contributed by atoms with Crippen LogP contribution in [0.5, 0.6) is 5.75 Å². The molecule has 0 atom stereocenters. The van der Waals surface area contributed by atoms with E-state index in [1.54, 1.807) is 35.4 Å². The normalized spacial score (nSPS) is 16.9. The van der Waals surface area contributed by atoms with E-state index in [0.29, 0.717) is 11.4 Å². The third-order valence-corrected chi connectivity index (χ3v) is 3.30. The number of ether oxygens (including phenoxy) is 1. The Bertz CT molecular complexity index is 746. The maximum absolute atomic E-state index is 12.8. The SMILES string of the molecule is COc1ccc(N2CN=C3N=NC(N=CN(C)C)=C3C2=O)cc1. The lowest BCUT2D eigenvalue weighted by Crippen LogP contribution is -2.38. The fourth-order valence-corrected chi connectivity index (χ4v) is 2.16. The van der Waals surface area contributed by atoms with Gasteiger partial charge < -0.3 is 9.64 Å². The fraction of sp³-hybridized carbons (Fsp3) is 0.267. The van der Waals surface area contributed by atoms with E-state index in [1.807, 2.05) is 26.2 Å². The van der Waals surface area contributed by atoms with Gasteiger partial charge in [-0.2, -0.15) is 0 Å². The molecule has 0 aromatic heterocycles. The Balaban J connectivity index is 1.93. The minimum absolute atomic E-state index is 0.202. The van der Waals surface area contributed by atoms with Gasteiger partial charge in [-0.05, 0) is 24.3 Å². The molecule has 3 rings (SSSR count). The first-order valence-corrected chi connectivity index (χ1v) is 6.97. The lowest BCUT2D eigenvalue weighted by Gasteiger charge is -2.24. The molecule has 118 valence electrons. The zero-order valence-corrected chi connectivity index (χ0v) is 13.1. The van der Waals surface area contributed by atoms with Crippen molar-refractivity contribution in [3.05, 3.63) is 35.7 Å². The lowest BCUT2D eigenvalue weighted by molar-refractivity contribution is -0.114. The number of carbonyl (C=O) groups excluding carboxylic acids is 1. The Morgan fingerprint density at radius 1 is 1.26 bits per heavy atom. The summed E-state index contributed by atoms with van der Waals surface area (Å²) in [4.78, 5) is 24.6. The number of anilines is 1. The Labute approximate surface area is 133 Å². The fourth-order valence-electron chi connectivity index (χ4n) is 2.16. The Kier molecular flexibility index (Phi) is 3.88. The van der Waals surface area contributed by atoms with Gasteiger partial charge in [0.1, 0.15) is 18.0 Å². The molecule has 8 nitrogen and oxygen atoms in total. The summed E-state index contributed by atoms with van der Waals surface area (Å²) in [5.74, 6) is 1.13. The second kappa shape index (κ2) is 5.99. The molecule has 0 saturated heterocycles. The topological polar surface area (TPSA) is 82.2 Å². The van der Waals surface area contributed by atoms with Crippen molar-refractivity contribution < 1.29 is 9.53 Å². The van der Waals surface area contributed by atoms with Crippen molar-refractivity contribution in [2.45, 2.75) is 0 Å². The van der Waals surface area contributed by atoms with Crippen LogP contribution in [0.2, 0.25) is 0 Å². The van der Waals surface area contributed by atoms with Gasteiger partial charge in [-0.25, -0.2) is 9.98 Å². The molecule has 0 unspecified atom stereocenters. The van der Waals surface area contributed by atoms with Crippen molar-refractivity contribution in [3.63, 3.8) is 0 Å². The van der Waals surface area contributed by atoms with E-state index < -0.39 is 0 Å². The molecule has 2 aliphatic rings. The average Bonchev–Trinajstić information content (AvgIpc) is 2.97. The number of fused-ring (bicyclic) bond motifs is 1. The van der Waals surface area contributed by atoms with Crippen LogP contribution >= 0.6 is 0 Å². The van der Waals surface area contributed by atoms with E-state index in [-0.39, 0.29) is 18.4 Å². The summed E-state index contributed by atoms with van der Waals surface area (Å²) in [5, 5.41) is 7.86. The summed E-state index contributed by atoms with van der Waals surface area (Å²) in [7, 11) is 5.27. The molecule has 2 aliphatic heterocycles. The monoisotopic (exact) mass is 312 g/mol. The van der Waals surface area contributed by atoms with Crippen LogP contribution in [0.15, 0.2) is 55.9 Å². The third-order valence-electron chi connectivity index (χ3n) is 3.30. The highest BCUT2D eigenvalue weighted by Crippen LogP contribution is 2.28. The number of azo groups is 1.